The van der Waals surface area contributed by atoms with E-state index in [1.807, 2.05) is 6.92 Å². The van der Waals surface area contributed by atoms with Crippen LogP contribution in [0, 0.1) is 16.7 Å². The quantitative estimate of drug-likeness (QED) is 0.661. The van der Waals surface area contributed by atoms with E-state index < -0.39 is 5.91 Å². The van der Waals surface area contributed by atoms with Crippen molar-refractivity contribution in [1.82, 2.24) is 0 Å². The first kappa shape index (κ1) is 10.4. The molecule has 0 aromatic carbocycles. The van der Waals surface area contributed by atoms with Crippen molar-refractivity contribution in [2.24, 2.45) is 22.5 Å². The Morgan fingerprint density at radius 2 is 2.07 bits per heavy atom. The number of fused-ring (bicyclic) bond motifs is 2. The molecule has 3 nitrogen and oxygen atoms in total. The van der Waals surface area contributed by atoms with Gasteiger partial charge in [0.25, 0.3) is 0 Å². The number of primary amides is 1. The van der Waals surface area contributed by atoms with Crippen molar-refractivity contribution in [2.45, 2.75) is 33.6 Å². The summed E-state index contributed by atoms with van der Waals surface area (Å²) < 4.78 is 0. The lowest BCUT2D eigenvalue weighted by atomic mass is 9.70. The molecule has 2 fully saturated rings. The molecule has 0 spiro atoms. The first-order chi connectivity index (χ1) is 6.80. The van der Waals surface area contributed by atoms with E-state index in [1.54, 1.807) is 0 Å². The highest BCUT2D eigenvalue weighted by atomic mass is 16.1. The van der Waals surface area contributed by atoms with Crippen molar-refractivity contribution in [1.29, 1.82) is 0 Å². The molecule has 2 saturated carbocycles. The van der Waals surface area contributed by atoms with Crippen molar-refractivity contribution < 1.29 is 9.59 Å². The summed E-state index contributed by atoms with van der Waals surface area (Å²) in [5.74, 6) is -0.171. The molecule has 15 heavy (non-hydrogen) atoms. The number of hydrogen-bond acceptors (Lipinski definition) is 2. The average Bonchev–Trinajstić information content (AvgIpc) is 2.40. The summed E-state index contributed by atoms with van der Waals surface area (Å²) in [6.07, 6.45) is 3.26. The highest BCUT2D eigenvalue weighted by molar-refractivity contribution is 6.08. The maximum atomic E-state index is 12.2. The summed E-state index contributed by atoms with van der Waals surface area (Å²) in [6.45, 7) is 6.24. The number of amides is 1. The number of allylic oxidation sites excluding steroid dienone is 1. The summed E-state index contributed by atoms with van der Waals surface area (Å²) >= 11 is 0. The van der Waals surface area contributed by atoms with Gasteiger partial charge < -0.3 is 5.73 Å². The van der Waals surface area contributed by atoms with Crippen LogP contribution in [0.15, 0.2) is 11.6 Å². The minimum absolute atomic E-state index is 0.0363. The van der Waals surface area contributed by atoms with Gasteiger partial charge in [-0.05, 0) is 24.2 Å². The molecule has 0 aromatic rings. The fourth-order valence-corrected chi connectivity index (χ4v) is 3.25. The molecule has 2 bridgehead atoms. The Hall–Kier alpha value is -1.12. The van der Waals surface area contributed by atoms with E-state index in [-0.39, 0.29) is 22.5 Å². The van der Waals surface area contributed by atoms with E-state index in [0.29, 0.717) is 5.57 Å². The molecule has 0 heterocycles. The molecule has 82 valence electrons. The largest absolute Gasteiger partial charge is 0.366 e. The van der Waals surface area contributed by atoms with Crippen LogP contribution in [0.1, 0.15) is 33.6 Å². The highest BCUT2D eigenvalue weighted by Crippen LogP contribution is 2.65. The van der Waals surface area contributed by atoms with Crippen LogP contribution in [0.4, 0.5) is 0 Å². The van der Waals surface area contributed by atoms with E-state index >= 15 is 0 Å². The predicted octanol–water partition coefficient (Wildman–Crippen LogP) is 1.42. The number of hydrogen-bond donors (Lipinski definition) is 1. The molecule has 2 atom stereocenters. The number of ketones is 1. The highest BCUT2D eigenvalue weighted by Gasteiger charge is 2.63. The summed E-state index contributed by atoms with van der Waals surface area (Å²) in [5, 5.41) is 0. The van der Waals surface area contributed by atoms with Crippen LogP contribution in [-0.4, -0.2) is 11.7 Å². The Bertz CT molecular complexity index is 381. The molecule has 3 heteroatoms. The fraction of sp³-hybridized carbons (Fsp3) is 0.667. The third-order valence-corrected chi connectivity index (χ3v) is 4.66. The second kappa shape index (κ2) is 2.71. The van der Waals surface area contributed by atoms with Crippen molar-refractivity contribution >= 4 is 11.7 Å². The molecule has 1 amide bonds. The number of Topliss-reactive ketones (excluding diaryl/α,β-unsaturated/α-hetero) is 1. The molecule has 2 aliphatic rings. The van der Waals surface area contributed by atoms with Crippen LogP contribution in [0.5, 0.6) is 0 Å². The van der Waals surface area contributed by atoms with Crippen molar-refractivity contribution in [2.75, 3.05) is 0 Å². The first-order valence-electron chi connectivity index (χ1n) is 5.36. The maximum Gasteiger partial charge on any atom is 0.241 e. The van der Waals surface area contributed by atoms with Gasteiger partial charge in [-0.15, -0.1) is 0 Å². The average molecular weight is 207 g/mol. The number of rotatable bonds is 1. The summed E-state index contributed by atoms with van der Waals surface area (Å²) in [4.78, 5) is 23.0. The van der Waals surface area contributed by atoms with E-state index in [4.69, 9.17) is 5.73 Å². The molecule has 0 aliphatic heterocycles. The van der Waals surface area contributed by atoms with Crippen LogP contribution < -0.4 is 5.73 Å². The Morgan fingerprint density at radius 1 is 1.47 bits per heavy atom. The number of carbonyl (C=O) groups excluding carboxylic acids is 2. The third-order valence-electron chi connectivity index (χ3n) is 4.66. The zero-order valence-corrected chi connectivity index (χ0v) is 9.46. The molecule has 0 aromatic heterocycles. The van der Waals surface area contributed by atoms with Gasteiger partial charge in [-0.3, -0.25) is 9.59 Å². The normalized spacial score (nSPS) is 40.1. The number of carbonyl (C=O) groups is 2. The summed E-state index contributed by atoms with van der Waals surface area (Å²) in [6, 6.07) is 0. The van der Waals surface area contributed by atoms with Crippen molar-refractivity contribution in [3.63, 3.8) is 0 Å². The van der Waals surface area contributed by atoms with Crippen LogP contribution >= 0.6 is 0 Å². The molecule has 0 saturated heterocycles. The zero-order chi connectivity index (χ0) is 11.4. The third kappa shape index (κ3) is 1.06. The lowest BCUT2D eigenvalue weighted by molar-refractivity contribution is -0.125. The van der Waals surface area contributed by atoms with Gasteiger partial charge in [0.05, 0.1) is 0 Å². The Kier molecular flexibility index (Phi) is 1.88. The minimum Gasteiger partial charge on any atom is -0.366 e. The van der Waals surface area contributed by atoms with Gasteiger partial charge in [-0.1, -0.05) is 20.8 Å². The van der Waals surface area contributed by atoms with Gasteiger partial charge in [-0.25, -0.2) is 0 Å². The smallest absolute Gasteiger partial charge is 0.241 e. The topological polar surface area (TPSA) is 60.2 Å². The van der Waals surface area contributed by atoms with E-state index in [0.717, 1.165) is 12.8 Å². The standard InChI is InChI=1S/C12H17NO2/c1-11(2)8-4-5-12(11,3)10(15)7(8)6-9(13)14/h6,8H,4-5H2,1-3H3,(H2,13,14)/b7-6-/t8-,12+/m0/s1. The monoisotopic (exact) mass is 207 g/mol. The SMILES string of the molecule is CC1(C)[C@H]2CC[C@]1(C)C(=O)/C2=C\C(N)=O. The van der Waals surface area contributed by atoms with Crippen molar-refractivity contribution in [3.8, 4) is 0 Å². The van der Waals surface area contributed by atoms with Crippen LogP contribution in [0.3, 0.4) is 0 Å². The molecular formula is C12H17NO2. The Balaban J connectivity index is 2.52. The molecule has 2 aliphatic carbocycles. The van der Waals surface area contributed by atoms with Gasteiger partial charge in [0, 0.05) is 17.1 Å². The fourth-order valence-electron chi connectivity index (χ4n) is 3.25. The maximum absolute atomic E-state index is 12.2. The Labute approximate surface area is 89.7 Å². The molecule has 2 N–H and O–H groups in total. The molecular weight excluding hydrogens is 190 g/mol. The predicted molar refractivity (Wildman–Crippen MR) is 56.9 cm³/mol. The van der Waals surface area contributed by atoms with E-state index in [2.05, 4.69) is 13.8 Å². The second-order valence-electron chi connectivity index (χ2n) is 5.48. The molecule has 0 unspecified atom stereocenters. The second-order valence-corrected chi connectivity index (χ2v) is 5.48. The van der Waals surface area contributed by atoms with Gasteiger partial charge in [0.1, 0.15) is 0 Å². The van der Waals surface area contributed by atoms with Gasteiger partial charge in [0.15, 0.2) is 5.78 Å². The Morgan fingerprint density at radius 3 is 2.47 bits per heavy atom. The van der Waals surface area contributed by atoms with E-state index in [9.17, 15) is 9.59 Å². The molecule has 2 rings (SSSR count). The molecule has 0 radical (unpaired) electrons. The number of nitrogens with two attached hydrogens (primary N) is 1. The van der Waals surface area contributed by atoms with Crippen molar-refractivity contribution in [3.05, 3.63) is 11.6 Å². The zero-order valence-electron chi connectivity index (χ0n) is 9.46. The lowest BCUT2D eigenvalue weighted by Crippen LogP contribution is -2.32. The van der Waals surface area contributed by atoms with E-state index in [1.165, 1.54) is 6.08 Å². The summed E-state index contributed by atoms with van der Waals surface area (Å²) in [7, 11) is 0. The van der Waals surface area contributed by atoms with Crippen LogP contribution in [0.2, 0.25) is 0 Å². The van der Waals surface area contributed by atoms with Gasteiger partial charge in [0.2, 0.25) is 5.91 Å². The minimum atomic E-state index is -0.509. The summed E-state index contributed by atoms with van der Waals surface area (Å²) in [5.41, 5.74) is 5.46. The van der Waals surface area contributed by atoms with Gasteiger partial charge >= 0.3 is 0 Å². The first-order valence-corrected chi connectivity index (χ1v) is 5.36. The van der Waals surface area contributed by atoms with Crippen LogP contribution in [0.25, 0.3) is 0 Å². The van der Waals surface area contributed by atoms with Gasteiger partial charge in [-0.2, -0.15) is 0 Å². The van der Waals surface area contributed by atoms with Crippen LogP contribution in [-0.2, 0) is 9.59 Å². The lowest BCUT2D eigenvalue weighted by Gasteiger charge is -2.31.